The van der Waals surface area contributed by atoms with E-state index in [1.807, 2.05) is 0 Å². The Morgan fingerprint density at radius 2 is 1.83 bits per heavy atom. The number of rotatable bonds is 2. The van der Waals surface area contributed by atoms with Gasteiger partial charge in [0.25, 0.3) is 0 Å². The minimum Gasteiger partial charge on any atom is -0.486 e. The van der Waals surface area contributed by atoms with Crippen LogP contribution in [0.2, 0.25) is 0 Å². The van der Waals surface area contributed by atoms with Gasteiger partial charge in [-0.3, -0.25) is 0 Å². The van der Waals surface area contributed by atoms with Crippen molar-refractivity contribution in [3.05, 3.63) is 21.7 Å². The van der Waals surface area contributed by atoms with Crippen molar-refractivity contribution in [2.24, 2.45) is 5.73 Å². The first-order valence-electron chi connectivity index (χ1n) is 6.44. The summed E-state index contributed by atoms with van der Waals surface area (Å²) in [4.78, 5) is 0. The van der Waals surface area contributed by atoms with Gasteiger partial charge in [-0.2, -0.15) is 0 Å². The highest BCUT2D eigenvalue weighted by Crippen LogP contribution is 2.52. The van der Waals surface area contributed by atoms with E-state index in [-0.39, 0.29) is 5.54 Å². The first-order valence-corrected chi connectivity index (χ1v) is 7.23. The van der Waals surface area contributed by atoms with E-state index in [0.29, 0.717) is 19.1 Å². The van der Waals surface area contributed by atoms with Gasteiger partial charge in [-0.25, -0.2) is 0 Å². The lowest BCUT2D eigenvalue weighted by Gasteiger charge is -2.28. The molecule has 0 atom stereocenters. The van der Waals surface area contributed by atoms with E-state index in [1.165, 1.54) is 11.1 Å². The molecule has 1 aliphatic carbocycles. The van der Waals surface area contributed by atoms with E-state index in [1.54, 1.807) is 0 Å². The van der Waals surface area contributed by atoms with Crippen LogP contribution in [-0.4, -0.2) is 13.2 Å². The molecule has 1 heterocycles. The first kappa shape index (κ1) is 12.3. The zero-order chi connectivity index (χ0) is 12.9. The molecule has 0 bridgehead atoms. The smallest absolute Gasteiger partial charge is 0.175 e. The second kappa shape index (κ2) is 4.14. The summed E-state index contributed by atoms with van der Waals surface area (Å²) in [5.41, 5.74) is 8.67. The summed E-state index contributed by atoms with van der Waals surface area (Å²) in [5, 5.41) is 0. The van der Waals surface area contributed by atoms with E-state index >= 15 is 0 Å². The fourth-order valence-corrected chi connectivity index (χ4v) is 3.10. The van der Waals surface area contributed by atoms with Crippen LogP contribution >= 0.6 is 15.9 Å². The zero-order valence-corrected chi connectivity index (χ0v) is 12.3. The third kappa shape index (κ3) is 1.82. The Kier molecular flexibility index (Phi) is 2.83. The van der Waals surface area contributed by atoms with Crippen molar-refractivity contribution in [1.29, 1.82) is 0 Å². The van der Waals surface area contributed by atoms with Gasteiger partial charge in [0.2, 0.25) is 0 Å². The molecule has 0 spiro atoms. The van der Waals surface area contributed by atoms with Crippen LogP contribution in [0.15, 0.2) is 10.5 Å². The summed E-state index contributed by atoms with van der Waals surface area (Å²) in [6.45, 7) is 5.57. The third-order valence-electron chi connectivity index (χ3n) is 3.71. The van der Waals surface area contributed by atoms with Crippen LogP contribution in [0.3, 0.4) is 0 Å². The van der Waals surface area contributed by atoms with Crippen LogP contribution in [0.5, 0.6) is 11.5 Å². The Labute approximate surface area is 116 Å². The molecule has 3 rings (SSSR count). The molecule has 0 aromatic heterocycles. The van der Waals surface area contributed by atoms with Gasteiger partial charge < -0.3 is 15.2 Å². The summed E-state index contributed by atoms with van der Waals surface area (Å²) < 4.78 is 12.5. The summed E-state index contributed by atoms with van der Waals surface area (Å²) in [5.74, 6) is 2.10. The summed E-state index contributed by atoms with van der Waals surface area (Å²) >= 11 is 3.58. The predicted molar refractivity (Wildman–Crippen MR) is 74.3 cm³/mol. The summed E-state index contributed by atoms with van der Waals surface area (Å²) in [6, 6.07) is 2.12. The zero-order valence-electron chi connectivity index (χ0n) is 10.8. The molecule has 0 amide bonds. The SMILES string of the molecule is CC(C)c1c(C2(N)CC2)cc(Br)c2c1OCCO2. The molecule has 1 saturated carbocycles. The molecule has 1 aromatic carbocycles. The maximum absolute atomic E-state index is 6.39. The van der Waals surface area contributed by atoms with Crippen molar-refractivity contribution in [1.82, 2.24) is 0 Å². The molecule has 0 radical (unpaired) electrons. The highest BCUT2D eigenvalue weighted by atomic mass is 79.9. The largest absolute Gasteiger partial charge is 0.486 e. The van der Waals surface area contributed by atoms with Gasteiger partial charge in [-0.1, -0.05) is 13.8 Å². The Balaban J connectivity index is 2.23. The Hall–Kier alpha value is -0.740. The lowest BCUT2D eigenvalue weighted by atomic mass is 9.90. The molecular weight excluding hydrogens is 294 g/mol. The fraction of sp³-hybridized carbons (Fsp3) is 0.571. The predicted octanol–water partition coefficient (Wildman–Crippen LogP) is 3.29. The van der Waals surface area contributed by atoms with Gasteiger partial charge in [0, 0.05) is 11.1 Å². The average molecular weight is 312 g/mol. The maximum atomic E-state index is 6.39. The lowest BCUT2D eigenvalue weighted by Crippen LogP contribution is -2.24. The molecule has 2 aliphatic rings. The summed E-state index contributed by atoms with van der Waals surface area (Å²) in [6.07, 6.45) is 2.11. The number of benzene rings is 1. The van der Waals surface area contributed by atoms with Crippen molar-refractivity contribution < 1.29 is 9.47 Å². The molecule has 18 heavy (non-hydrogen) atoms. The van der Waals surface area contributed by atoms with Crippen LogP contribution in [0.1, 0.15) is 43.7 Å². The first-order chi connectivity index (χ1) is 8.53. The molecule has 1 aromatic rings. The van der Waals surface area contributed by atoms with Gasteiger partial charge in [-0.05, 0) is 46.3 Å². The van der Waals surface area contributed by atoms with Gasteiger partial charge in [0.05, 0.1) is 4.47 Å². The van der Waals surface area contributed by atoms with E-state index in [9.17, 15) is 0 Å². The van der Waals surface area contributed by atoms with E-state index in [4.69, 9.17) is 15.2 Å². The Morgan fingerprint density at radius 3 is 2.39 bits per heavy atom. The van der Waals surface area contributed by atoms with E-state index in [2.05, 4.69) is 35.8 Å². The molecule has 0 saturated heterocycles. The second-order valence-corrected chi connectivity index (χ2v) is 6.34. The number of halogens is 1. The van der Waals surface area contributed by atoms with Crippen LogP contribution in [-0.2, 0) is 5.54 Å². The van der Waals surface area contributed by atoms with Gasteiger partial charge in [0.1, 0.15) is 13.2 Å². The lowest BCUT2D eigenvalue weighted by molar-refractivity contribution is 0.168. The van der Waals surface area contributed by atoms with Crippen LogP contribution in [0.25, 0.3) is 0 Å². The number of nitrogens with two attached hydrogens (primary N) is 1. The second-order valence-electron chi connectivity index (χ2n) is 5.49. The van der Waals surface area contributed by atoms with Crippen LogP contribution < -0.4 is 15.2 Å². The topological polar surface area (TPSA) is 44.5 Å². The molecule has 1 aliphatic heterocycles. The quantitative estimate of drug-likeness (QED) is 0.911. The highest BCUT2D eigenvalue weighted by molar-refractivity contribution is 9.10. The third-order valence-corrected chi connectivity index (χ3v) is 4.30. The van der Waals surface area contributed by atoms with E-state index < -0.39 is 0 Å². The van der Waals surface area contributed by atoms with Gasteiger partial charge >= 0.3 is 0 Å². The Bertz CT molecular complexity index is 495. The highest BCUT2D eigenvalue weighted by Gasteiger charge is 2.43. The minimum absolute atomic E-state index is 0.155. The number of ether oxygens (including phenoxy) is 2. The van der Waals surface area contributed by atoms with Crippen molar-refractivity contribution in [3.63, 3.8) is 0 Å². The fourth-order valence-electron chi connectivity index (χ4n) is 2.58. The monoisotopic (exact) mass is 311 g/mol. The van der Waals surface area contributed by atoms with Crippen molar-refractivity contribution in [2.75, 3.05) is 13.2 Å². The molecule has 4 heteroatoms. The summed E-state index contributed by atoms with van der Waals surface area (Å²) in [7, 11) is 0. The van der Waals surface area contributed by atoms with Crippen LogP contribution in [0.4, 0.5) is 0 Å². The number of hydrogen-bond donors (Lipinski definition) is 1. The van der Waals surface area contributed by atoms with E-state index in [0.717, 1.165) is 28.8 Å². The molecule has 98 valence electrons. The molecule has 0 unspecified atom stereocenters. The minimum atomic E-state index is -0.155. The maximum Gasteiger partial charge on any atom is 0.175 e. The van der Waals surface area contributed by atoms with Crippen LogP contribution in [0, 0.1) is 0 Å². The number of hydrogen-bond acceptors (Lipinski definition) is 3. The van der Waals surface area contributed by atoms with Gasteiger partial charge in [0.15, 0.2) is 11.5 Å². The van der Waals surface area contributed by atoms with Crippen molar-refractivity contribution >= 4 is 15.9 Å². The molecule has 1 fully saturated rings. The standard InChI is InChI=1S/C14H18BrNO2/c1-8(2)11-9(14(16)3-4-14)7-10(15)12-13(11)18-6-5-17-12/h7-8H,3-6,16H2,1-2H3. The van der Waals surface area contributed by atoms with Gasteiger partial charge in [-0.15, -0.1) is 0 Å². The van der Waals surface area contributed by atoms with Crippen molar-refractivity contribution in [2.45, 2.75) is 38.1 Å². The Morgan fingerprint density at radius 1 is 1.22 bits per heavy atom. The number of fused-ring (bicyclic) bond motifs is 1. The molecule has 3 nitrogen and oxygen atoms in total. The average Bonchev–Trinajstić information content (AvgIpc) is 3.08. The normalized spacial score (nSPS) is 20.1. The molecular formula is C14H18BrNO2. The van der Waals surface area contributed by atoms with Crippen molar-refractivity contribution in [3.8, 4) is 11.5 Å². The molecule has 2 N–H and O–H groups in total.